The van der Waals surface area contributed by atoms with E-state index in [9.17, 15) is 9.59 Å². The standard InChI is InChI=1S/C36H68O4/c1-3-5-7-9-25-29-33-39-35(37)31-27-23-21-19-17-15-13-11-12-14-16-18-20-22-24-28-32-36(38)40-34-30-26-10-8-6-4-2/h23,27H,3-22,24-26,28-34H2,1-2H3/b27-23+. The van der Waals surface area contributed by atoms with Gasteiger partial charge in [-0.1, -0.05) is 161 Å². The molecule has 0 rings (SSSR count). The highest BCUT2D eigenvalue weighted by molar-refractivity contribution is 5.71. The molecule has 4 nitrogen and oxygen atoms in total. The predicted molar refractivity (Wildman–Crippen MR) is 172 cm³/mol. The number of ether oxygens (including phenoxy) is 2. The topological polar surface area (TPSA) is 52.6 Å². The van der Waals surface area contributed by atoms with Crippen molar-refractivity contribution < 1.29 is 19.1 Å². The van der Waals surface area contributed by atoms with Crippen molar-refractivity contribution in [3.05, 3.63) is 12.2 Å². The van der Waals surface area contributed by atoms with E-state index in [1.807, 2.05) is 6.08 Å². The average Bonchev–Trinajstić information content (AvgIpc) is 2.95. The Kier molecular flexibility index (Phi) is 32.8. The zero-order chi connectivity index (χ0) is 29.2. The molecule has 0 fully saturated rings. The van der Waals surface area contributed by atoms with Gasteiger partial charge in [-0.3, -0.25) is 9.59 Å². The number of allylic oxidation sites excluding steroid dienone is 1. The van der Waals surface area contributed by atoms with Crippen LogP contribution < -0.4 is 0 Å². The van der Waals surface area contributed by atoms with Gasteiger partial charge in [-0.15, -0.1) is 0 Å². The van der Waals surface area contributed by atoms with Gasteiger partial charge in [-0.05, 0) is 32.1 Å². The molecule has 0 saturated heterocycles. The lowest BCUT2D eigenvalue weighted by molar-refractivity contribution is -0.144. The molecule has 0 atom stereocenters. The van der Waals surface area contributed by atoms with Gasteiger partial charge < -0.3 is 9.47 Å². The van der Waals surface area contributed by atoms with E-state index >= 15 is 0 Å². The Morgan fingerprint density at radius 1 is 0.425 bits per heavy atom. The van der Waals surface area contributed by atoms with E-state index in [1.165, 1.54) is 135 Å². The number of unbranched alkanes of at least 4 members (excludes halogenated alkanes) is 23. The van der Waals surface area contributed by atoms with Crippen LogP contribution >= 0.6 is 0 Å². The average molecular weight is 565 g/mol. The minimum Gasteiger partial charge on any atom is -0.466 e. The second-order valence-corrected chi connectivity index (χ2v) is 11.8. The molecular weight excluding hydrogens is 496 g/mol. The molecule has 0 aliphatic rings. The van der Waals surface area contributed by atoms with Crippen molar-refractivity contribution in [3.8, 4) is 0 Å². The van der Waals surface area contributed by atoms with Crippen LogP contribution in [0.2, 0.25) is 0 Å². The van der Waals surface area contributed by atoms with Crippen LogP contribution in [0.4, 0.5) is 0 Å². The smallest absolute Gasteiger partial charge is 0.309 e. The van der Waals surface area contributed by atoms with Crippen molar-refractivity contribution in [1.29, 1.82) is 0 Å². The number of carbonyl (C=O) groups is 2. The maximum absolute atomic E-state index is 11.8. The van der Waals surface area contributed by atoms with Gasteiger partial charge in [0, 0.05) is 6.42 Å². The van der Waals surface area contributed by atoms with Crippen LogP contribution in [0.5, 0.6) is 0 Å². The van der Waals surface area contributed by atoms with Crippen LogP contribution in [0.25, 0.3) is 0 Å². The highest BCUT2D eigenvalue weighted by Gasteiger charge is 2.03. The summed E-state index contributed by atoms with van der Waals surface area (Å²) >= 11 is 0. The van der Waals surface area contributed by atoms with Crippen molar-refractivity contribution in [2.24, 2.45) is 0 Å². The Morgan fingerprint density at radius 2 is 0.800 bits per heavy atom. The fraction of sp³-hybridized carbons (Fsp3) is 0.889. The predicted octanol–water partition coefficient (Wildman–Crippen LogP) is 11.6. The second-order valence-electron chi connectivity index (χ2n) is 11.8. The van der Waals surface area contributed by atoms with Crippen molar-refractivity contribution >= 4 is 11.9 Å². The molecule has 0 heterocycles. The second kappa shape index (κ2) is 33.9. The summed E-state index contributed by atoms with van der Waals surface area (Å²) in [6, 6.07) is 0. The lowest BCUT2D eigenvalue weighted by atomic mass is 10.0. The largest absolute Gasteiger partial charge is 0.466 e. The van der Waals surface area contributed by atoms with Gasteiger partial charge >= 0.3 is 11.9 Å². The number of esters is 2. The number of hydrogen-bond donors (Lipinski definition) is 0. The molecule has 0 amide bonds. The Balaban J connectivity index is 3.24. The molecule has 0 unspecified atom stereocenters. The molecule has 0 bridgehead atoms. The van der Waals surface area contributed by atoms with E-state index in [2.05, 4.69) is 19.9 Å². The van der Waals surface area contributed by atoms with E-state index in [4.69, 9.17) is 9.47 Å². The Hall–Kier alpha value is -1.32. The molecule has 0 N–H and O–H groups in total. The molecule has 40 heavy (non-hydrogen) atoms. The summed E-state index contributed by atoms with van der Waals surface area (Å²) in [6.07, 6.45) is 37.6. The lowest BCUT2D eigenvalue weighted by Gasteiger charge is -2.05. The van der Waals surface area contributed by atoms with Crippen LogP contribution in [0.3, 0.4) is 0 Å². The van der Waals surface area contributed by atoms with E-state index < -0.39 is 0 Å². The molecule has 4 heteroatoms. The summed E-state index contributed by atoms with van der Waals surface area (Å²) in [5, 5.41) is 0. The maximum atomic E-state index is 11.8. The van der Waals surface area contributed by atoms with Crippen LogP contribution in [-0.2, 0) is 19.1 Å². The summed E-state index contributed by atoms with van der Waals surface area (Å²) in [5.41, 5.74) is 0. The van der Waals surface area contributed by atoms with E-state index in [1.54, 1.807) is 0 Å². The summed E-state index contributed by atoms with van der Waals surface area (Å²) in [4.78, 5) is 23.5. The molecule has 0 aliphatic heterocycles. The fourth-order valence-corrected chi connectivity index (χ4v) is 5.04. The molecule has 0 aromatic heterocycles. The maximum Gasteiger partial charge on any atom is 0.309 e. The Bertz CT molecular complexity index is 557. The highest BCUT2D eigenvalue weighted by atomic mass is 16.5. The number of rotatable bonds is 32. The van der Waals surface area contributed by atoms with Gasteiger partial charge in [0.1, 0.15) is 0 Å². The normalized spacial score (nSPS) is 11.3. The minimum atomic E-state index is -0.0826. The molecule has 0 aromatic carbocycles. The Morgan fingerprint density at radius 3 is 1.27 bits per heavy atom. The zero-order valence-corrected chi connectivity index (χ0v) is 27.0. The van der Waals surface area contributed by atoms with Crippen LogP contribution in [0, 0.1) is 0 Å². The quantitative estimate of drug-likeness (QED) is 0.0463. The molecule has 0 spiro atoms. The van der Waals surface area contributed by atoms with Gasteiger partial charge in [-0.25, -0.2) is 0 Å². The third kappa shape index (κ3) is 32.9. The minimum absolute atomic E-state index is 0.000888. The molecule has 0 aromatic rings. The van der Waals surface area contributed by atoms with Crippen molar-refractivity contribution in [2.45, 2.75) is 194 Å². The number of hydrogen-bond acceptors (Lipinski definition) is 4. The van der Waals surface area contributed by atoms with Crippen LogP contribution in [0.15, 0.2) is 12.2 Å². The first-order chi connectivity index (χ1) is 19.7. The SMILES string of the molecule is CCCCCCCCOC(=O)C/C=C/CCCCCCCCCCCCCCCC(=O)OCCCCCCCC. The fourth-order valence-electron chi connectivity index (χ4n) is 5.04. The van der Waals surface area contributed by atoms with Crippen molar-refractivity contribution in [2.75, 3.05) is 13.2 Å². The molecule has 0 aliphatic carbocycles. The molecule has 0 saturated carbocycles. The van der Waals surface area contributed by atoms with Crippen LogP contribution in [0.1, 0.15) is 194 Å². The number of carbonyl (C=O) groups excluding carboxylic acids is 2. The zero-order valence-electron chi connectivity index (χ0n) is 27.0. The van der Waals surface area contributed by atoms with Gasteiger partial charge in [0.2, 0.25) is 0 Å². The van der Waals surface area contributed by atoms with Gasteiger partial charge in [-0.2, -0.15) is 0 Å². The molecule has 236 valence electrons. The first-order valence-corrected chi connectivity index (χ1v) is 17.7. The summed E-state index contributed by atoms with van der Waals surface area (Å²) < 4.78 is 10.7. The lowest BCUT2D eigenvalue weighted by Crippen LogP contribution is -2.05. The van der Waals surface area contributed by atoms with E-state index in [0.717, 1.165) is 32.1 Å². The van der Waals surface area contributed by atoms with Crippen LogP contribution in [-0.4, -0.2) is 25.2 Å². The van der Waals surface area contributed by atoms with Gasteiger partial charge in [0.05, 0.1) is 19.6 Å². The highest BCUT2D eigenvalue weighted by Crippen LogP contribution is 2.14. The van der Waals surface area contributed by atoms with Gasteiger partial charge in [0.25, 0.3) is 0 Å². The summed E-state index contributed by atoms with van der Waals surface area (Å²) in [5.74, 6) is -0.0818. The van der Waals surface area contributed by atoms with E-state index in [0.29, 0.717) is 26.1 Å². The van der Waals surface area contributed by atoms with Crippen molar-refractivity contribution in [3.63, 3.8) is 0 Å². The van der Waals surface area contributed by atoms with Gasteiger partial charge in [0.15, 0.2) is 0 Å². The van der Waals surface area contributed by atoms with E-state index in [-0.39, 0.29) is 11.9 Å². The third-order valence-electron chi connectivity index (χ3n) is 7.72. The molecular formula is C36H68O4. The summed E-state index contributed by atoms with van der Waals surface area (Å²) in [6.45, 7) is 5.65. The monoisotopic (exact) mass is 565 g/mol. The first-order valence-electron chi connectivity index (χ1n) is 17.7. The summed E-state index contributed by atoms with van der Waals surface area (Å²) in [7, 11) is 0. The first kappa shape index (κ1) is 38.7. The van der Waals surface area contributed by atoms with Crippen molar-refractivity contribution in [1.82, 2.24) is 0 Å². The Labute approximate surface area is 249 Å². The third-order valence-corrected chi connectivity index (χ3v) is 7.72. The molecule has 0 radical (unpaired) electrons.